The van der Waals surface area contributed by atoms with Crippen molar-refractivity contribution in [3.05, 3.63) is 28.2 Å². The Balaban J connectivity index is 2.80. The number of carbonyl (C=O) groups is 3. The third kappa shape index (κ3) is 6.43. The molecule has 0 aliphatic carbocycles. The molecule has 0 aromatic heterocycles. The summed E-state index contributed by atoms with van der Waals surface area (Å²) in [6.07, 6.45) is -1.04. The van der Waals surface area contributed by atoms with Gasteiger partial charge in [-0.2, -0.15) is 0 Å². The second-order valence-corrected chi connectivity index (χ2v) is 5.62. The van der Waals surface area contributed by atoms with Crippen LogP contribution in [0.3, 0.4) is 0 Å². The van der Waals surface area contributed by atoms with Crippen LogP contribution in [0.1, 0.15) is 20.8 Å². The highest BCUT2D eigenvalue weighted by Gasteiger charge is 2.33. The van der Waals surface area contributed by atoms with Crippen molar-refractivity contribution in [2.24, 2.45) is 0 Å². The standard InChI is InChI=1S/C16H19Cl2NO6/c1-4-23-15(21)13(16(22)24-5-2)19-14(20)9(3)25-12-7-6-10(17)8-11(12)18/h6-9,13H,4-5H2,1-3H3,(H,19,20). The zero-order valence-corrected chi connectivity index (χ0v) is 15.5. The van der Waals surface area contributed by atoms with Gasteiger partial charge in [0.1, 0.15) is 5.75 Å². The van der Waals surface area contributed by atoms with Gasteiger partial charge in [0, 0.05) is 5.02 Å². The molecule has 1 rings (SSSR count). The zero-order valence-electron chi connectivity index (χ0n) is 14.0. The number of nitrogens with one attached hydrogen (secondary N) is 1. The molecular weight excluding hydrogens is 373 g/mol. The van der Waals surface area contributed by atoms with Crippen molar-refractivity contribution in [2.45, 2.75) is 32.9 Å². The topological polar surface area (TPSA) is 90.9 Å². The molecule has 0 heterocycles. The maximum absolute atomic E-state index is 12.2. The van der Waals surface area contributed by atoms with Crippen LogP contribution in [-0.4, -0.2) is 43.2 Å². The molecule has 0 radical (unpaired) electrons. The highest BCUT2D eigenvalue weighted by molar-refractivity contribution is 6.35. The molecular formula is C16H19Cl2NO6. The van der Waals surface area contributed by atoms with E-state index in [0.717, 1.165) is 0 Å². The molecule has 1 unspecified atom stereocenters. The summed E-state index contributed by atoms with van der Waals surface area (Å²) in [5, 5.41) is 2.89. The SMILES string of the molecule is CCOC(=O)C(NC(=O)C(C)Oc1ccc(Cl)cc1Cl)C(=O)OCC. The molecule has 0 aliphatic rings. The van der Waals surface area contributed by atoms with Gasteiger partial charge in [-0.1, -0.05) is 23.2 Å². The minimum absolute atomic E-state index is 0.0526. The summed E-state index contributed by atoms with van der Waals surface area (Å²) in [5.74, 6) is -2.30. The van der Waals surface area contributed by atoms with E-state index in [-0.39, 0.29) is 24.0 Å². The number of ether oxygens (including phenoxy) is 3. The average molecular weight is 392 g/mol. The highest BCUT2D eigenvalue weighted by atomic mass is 35.5. The van der Waals surface area contributed by atoms with Gasteiger partial charge in [-0.15, -0.1) is 0 Å². The lowest BCUT2D eigenvalue weighted by atomic mass is 10.2. The molecule has 0 saturated heterocycles. The molecule has 0 saturated carbocycles. The summed E-state index contributed by atoms with van der Waals surface area (Å²) in [4.78, 5) is 35.9. The maximum atomic E-state index is 12.2. The number of hydrogen-bond acceptors (Lipinski definition) is 6. The van der Waals surface area contributed by atoms with Crippen molar-refractivity contribution >= 4 is 41.0 Å². The Bertz CT molecular complexity index is 619. The van der Waals surface area contributed by atoms with Crippen molar-refractivity contribution in [3.8, 4) is 5.75 Å². The first-order chi connectivity index (χ1) is 11.8. The van der Waals surface area contributed by atoms with Gasteiger partial charge < -0.3 is 19.5 Å². The zero-order chi connectivity index (χ0) is 19.0. The molecule has 1 aromatic rings. The molecule has 0 bridgehead atoms. The predicted molar refractivity (Wildman–Crippen MR) is 91.7 cm³/mol. The summed E-state index contributed by atoms with van der Waals surface area (Å²) in [7, 11) is 0. The summed E-state index contributed by atoms with van der Waals surface area (Å²) in [5.41, 5.74) is 0. The minimum Gasteiger partial charge on any atom is -0.479 e. The van der Waals surface area contributed by atoms with Crippen molar-refractivity contribution in [2.75, 3.05) is 13.2 Å². The van der Waals surface area contributed by atoms with Crippen LogP contribution in [0, 0.1) is 0 Å². The molecule has 138 valence electrons. The van der Waals surface area contributed by atoms with E-state index in [1.165, 1.54) is 19.1 Å². The fraction of sp³-hybridized carbons (Fsp3) is 0.438. The number of carbonyl (C=O) groups excluding carboxylic acids is 3. The predicted octanol–water partition coefficient (Wildman–Crippen LogP) is 2.37. The Kier molecular flexibility index (Phi) is 8.51. The van der Waals surface area contributed by atoms with E-state index in [4.69, 9.17) is 37.4 Å². The summed E-state index contributed by atoms with van der Waals surface area (Å²) < 4.78 is 15.0. The fourth-order valence-electron chi connectivity index (χ4n) is 1.74. The van der Waals surface area contributed by atoms with Gasteiger partial charge in [0.2, 0.25) is 6.04 Å². The van der Waals surface area contributed by atoms with Gasteiger partial charge in [0.05, 0.1) is 18.2 Å². The molecule has 0 fully saturated rings. The van der Waals surface area contributed by atoms with Crippen LogP contribution in [0.4, 0.5) is 0 Å². The molecule has 0 aliphatic heterocycles. The minimum atomic E-state index is -1.57. The lowest BCUT2D eigenvalue weighted by molar-refractivity contribution is -0.160. The summed E-state index contributed by atoms with van der Waals surface area (Å²) in [6, 6.07) is 2.94. The van der Waals surface area contributed by atoms with Gasteiger partial charge in [0.15, 0.2) is 6.10 Å². The van der Waals surface area contributed by atoms with Crippen molar-refractivity contribution in [3.63, 3.8) is 0 Å². The van der Waals surface area contributed by atoms with Crippen LogP contribution >= 0.6 is 23.2 Å². The Labute approximate surface area is 155 Å². The van der Waals surface area contributed by atoms with Gasteiger partial charge >= 0.3 is 11.9 Å². The molecule has 0 spiro atoms. The van der Waals surface area contributed by atoms with E-state index in [1.54, 1.807) is 19.9 Å². The van der Waals surface area contributed by atoms with E-state index < -0.39 is 30.0 Å². The second-order valence-electron chi connectivity index (χ2n) is 4.78. The number of benzene rings is 1. The van der Waals surface area contributed by atoms with Crippen LogP contribution in [0.15, 0.2) is 18.2 Å². The Morgan fingerprint density at radius 1 is 1.08 bits per heavy atom. The first-order valence-corrected chi connectivity index (χ1v) is 8.31. The lowest BCUT2D eigenvalue weighted by Crippen LogP contribution is -2.51. The molecule has 1 N–H and O–H groups in total. The number of halogens is 2. The van der Waals surface area contributed by atoms with Crippen molar-refractivity contribution in [1.29, 1.82) is 0 Å². The first-order valence-electron chi connectivity index (χ1n) is 7.55. The first kappa shape index (κ1) is 21.1. The van der Waals surface area contributed by atoms with Gasteiger partial charge in [-0.3, -0.25) is 4.79 Å². The van der Waals surface area contributed by atoms with E-state index in [0.29, 0.717) is 5.02 Å². The van der Waals surface area contributed by atoms with E-state index in [1.807, 2.05) is 0 Å². The number of amides is 1. The largest absolute Gasteiger partial charge is 0.479 e. The van der Waals surface area contributed by atoms with Crippen molar-refractivity contribution in [1.82, 2.24) is 5.32 Å². The van der Waals surface area contributed by atoms with E-state index in [9.17, 15) is 14.4 Å². The van der Waals surface area contributed by atoms with Crippen LogP contribution in [0.25, 0.3) is 0 Å². The average Bonchev–Trinajstić information content (AvgIpc) is 2.55. The Morgan fingerprint density at radius 2 is 1.64 bits per heavy atom. The smallest absolute Gasteiger partial charge is 0.340 e. The highest BCUT2D eigenvalue weighted by Crippen LogP contribution is 2.28. The van der Waals surface area contributed by atoms with Crippen LogP contribution in [0.2, 0.25) is 10.0 Å². The molecule has 25 heavy (non-hydrogen) atoms. The Hall–Kier alpha value is -1.99. The van der Waals surface area contributed by atoms with Crippen LogP contribution < -0.4 is 10.1 Å². The van der Waals surface area contributed by atoms with Gasteiger partial charge in [-0.05, 0) is 39.0 Å². The third-order valence-corrected chi connectivity index (χ3v) is 3.43. The molecule has 7 nitrogen and oxygen atoms in total. The fourth-order valence-corrected chi connectivity index (χ4v) is 2.19. The molecule has 1 aromatic carbocycles. The van der Waals surface area contributed by atoms with Crippen molar-refractivity contribution < 1.29 is 28.6 Å². The molecule has 1 amide bonds. The number of esters is 2. The van der Waals surface area contributed by atoms with Crippen LogP contribution in [0.5, 0.6) is 5.75 Å². The maximum Gasteiger partial charge on any atom is 0.340 e. The molecule has 9 heteroatoms. The second kappa shape index (κ2) is 10.1. The van der Waals surface area contributed by atoms with Gasteiger partial charge in [0.25, 0.3) is 5.91 Å². The van der Waals surface area contributed by atoms with E-state index in [2.05, 4.69) is 5.32 Å². The van der Waals surface area contributed by atoms with Gasteiger partial charge in [-0.25, -0.2) is 9.59 Å². The molecule has 1 atom stereocenters. The summed E-state index contributed by atoms with van der Waals surface area (Å²) >= 11 is 11.8. The quantitative estimate of drug-likeness (QED) is 0.540. The van der Waals surface area contributed by atoms with E-state index >= 15 is 0 Å². The normalized spacial score (nSPS) is 11.6. The van der Waals surface area contributed by atoms with Crippen LogP contribution in [-0.2, 0) is 23.9 Å². The number of hydrogen-bond donors (Lipinski definition) is 1. The lowest BCUT2D eigenvalue weighted by Gasteiger charge is -2.19. The number of rotatable bonds is 8. The monoisotopic (exact) mass is 391 g/mol. The third-order valence-electron chi connectivity index (χ3n) is 2.90. The summed E-state index contributed by atoms with van der Waals surface area (Å²) in [6.45, 7) is 4.70. The Morgan fingerprint density at radius 3 is 2.12 bits per heavy atom.